The highest BCUT2D eigenvalue weighted by atomic mass is 79.9. The molecule has 0 heterocycles. The van der Waals surface area contributed by atoms with Gasteiger partial charge in [-0.25, -0.2) is 0 Å². The third-order valence-corrected chi connectivity index (χ3v) is 4.80. The van der Waals surface area contributed by atoms with Crippen molar-refractivity contribution in [3.8, 4) is 0 Å². The molecule has 0 radical (unpaired) electrons. The summed E-state index contributed by atoms with van der Waals surface area (Å²) in [5, 5.41) is 3.13. The van der Waals surface area contributed by atoms with E-state index in [1.165, 1.54) is 19.3 Å². The maximum absolute atomic E-state index is 12.3. The van der Waals surface area contributed by atoms with Crippen LogP contribution in [0.4, 0.5) is 0 Å². The van der Waals surface area contributed by atoms with Crippen LogP contribution in [-0.4, -0.2) is 17.3 Å². The molecule has 0 aliphatic heterocycles. The van der Waals surface area contributed by atoms with Gasteiger partial charge >= 0.3 is 0 Å². The maximum atomic E-state index is 12.3. The molecule has 104 valence electrons. The predicted molar refractivity (Wildman–Crippen MR) is 82.5 cm³/mol. The normalized spacial score (nSPS) is 24.1. The lowest BCUT2D eigenvalue weighted by Crippen LogP contribution is -2.32. The number of carbonyl (C=O) groups is 1. The van der Waals surface area contributed by atoms with Gasteiger partial charge in [-0.3, -0.25) is 4.79 Å². The molecule has 1 saturated carbocycles. The van der Waals surface area contributed by atoms with Crippen molar-refractivity contribution in [2.24, 2.45) is 5.92 Å². The fraction of sp³-hybridized carbons (Fsp3) is 0.562. The van der Waals surface area contributed by atoms with Crippen LogP contribution < -0.4 is 5.32 Å². The topological polar surface area (TPSA) is 29.1 Å². The van der Waals surface area contributed by atoms with E-state index in [2.05, 4.69) is 28.2 Å². The van der Waals surface area contributed by atoms with Crippen molar-refractivity contribution in [3.05, 3.63) is 35.9 Å². The fourth-order valence-electron chi connectivity index (χ4n) is 2.83. The SMILES string of the molecule is CCC(C(=O)NCC1CCC(Br)C1)c1ccccc1. The van der Waals surface area contributed by atoms with E-state index < -0.39 is 0 Å². The van der Waals surface area contributed by atoms with Gasteiger partial charge < -0.3 is 5.32 Å². The molecular formula is C16H22BrNO. The minimum absolute atomic E-state index is 0.0117. The molecular weight excluding hydrogens is 302 g/mol. The Morgan fingerprint density at radius 2 is 2.11 bits per heavy atom. The van der Waals surface area contributed by atoms with Crippen molar-refractivity contribution >= 4 is 21.8 Å². The van der Waals surface area contributed by atoms with Gasteiger partial charge in [0, 0.05) is 11.4 Å². The Balaban J connectivity index is 1.87. The smallest absolute Gasteiger partial charge is 0.227 e. The number of halogens is 1. The summed E-state index contributed by atoms with van der Waals surface area (Å²) in [4.78, 5) is 12.9. The van der Waals surface area contributed by atoms with Gasteiger partial charge in [-0.15, -0.1) is 0 Å². The van der Waals surface area contributed by atoms with E-state index in [1.54, 1.807) is 0 Å². The highest BCUT2D eigenvalue weighted by molar-refractivity contribution is 9.09. The monoisotopic (exact) mass is 323 g/mol. The number of nitrogens with one attached hydrogen (secondary N) is 1. The van der Waals surface area contributed by atoms with Gasteiger partial charge in [-0.1, -0.05) is 53.2 Å². The van der Waals surface area contributed by atoms with Gasteiger partial charge in [0.2, 0.25) is 5.91 Å². The molecule has 3 unspecified atom stereocenters. The van der Waals surface area contributed by atoms with Gasteiger partial charge in [0.25, 0.3) is 0 Å². The lowest BCUT2D eigenvalue weighted by atomic mass is 9.95. The molecule has 1 amide bonds. The predicted octanol–water partition coefficient (Wildman–Crippen LogP) is 3.86. The summed E-state index contributed by atoms with van der Waals surface area (Å²) in [5.74, 6) is 0.802. The first-order valence-electron chi connectivity index (χ1n) is 7.17. The van der Waals surface area contributed by atoms with E-state index in [1.807, 2.05) is 30.3 Å². The Bertz CT molecular complexity index is 406. The Kier molecular flexibility index (Phi) is 5.44. The number of alkyl halides is 1. The van der Waals surface area contributed by atoms with Crippen molar-refractivity contribution in [2.45, 2.75) is 43.4 Å². The van der Waals surface area contributed by atoms with Gasteiger partial charge in [0.15, 0.2) is 0 Å². The van der Waals surface area contributed by atoms with Crippen LogP contribution >= 0.6 is 15.9 Å². The molecule has 0 aromatic heterocycles. The summed E-state index contributed by atoms with van der Waals surface area (Å²) >= 11 is 3.65. The van der Waals surface area contributed by atoms with Gasteiger partial charge in [-0.05, 0) is 37.2 Å². The zero-order valence-corrected chi connectivity index (χ0v) is 13.0. The lowest BCUT2D eigenvalue weighted by Gasteiger charge is -2.17. The summed E-state index contributed by atoms with van der Waals surface area (Å²) in [7, 11) is 0. The van der Waals surface area contributed by atoms with Crippen LogP contribution in [0, 0.1) is 5.92 Å². The third kappa shape index (κ3) is 4.07. The molecule has 19 heavy (non-hydrogen) atoms. The Labute approximate surface area is 124 Å². The number of hydrogen-bond acceptors (Lipinski definition) is 1. The van der Waals surface area contributed by atoms with E-state index in [-0.39, 0.29) is 11.8 Å². The molecule has 0 spiro atoms. The van der Waals surface area contributed by atoms with Crippen LogP contribution in [0.25, 0.3) is 0 Å². The Morgan fingerprint density at radius 3 is 2.68 bits per heavy atom. The first kappa shape index (κ1) is 14.6. The highest BCUT2D eigenvalue weighted by Crippen LogP contribution is 2.30. The van der Waals surface area contributed by atoms with E-state index in [0.29, 0.717) is 10.7 Å². The van der Waals surface area contributed by atoms with Crippen LogP contribution in [0.2, 0.25) is 0 Å². The number of amides is 1. The van der Waals surface area contributed by atoms with Gasteiger partial charge in [-0.2, -0.15) is 0 Å². The molecule has 0 saturated heterocycles. The number of benzene rings is 1. The van der Waals surface area contributed by atoms with Crippen molar-refractivity contribution in [3.63, 3.8) is 0 Å². The first-order valence-corrected chi connectivity index (χ1v) is 8.09. The van der Waals surface area contributed by atoms with E-state index in [4.69, 9.17) is 0 Å². The molecule has 1 aliphatic carbocycles. The largest absolute Gasteiger partial charge is 0.355 e. The summed E-state index contributed by atoms with van der Waals surface area (Å²) in [5.41, 5.74) is 1.12. The second kappa shape index (κ2) is 7.09. The molecule has 1 aromatic carbocycles. The number of carbonyl (C=O) groups excluding carboxylic acids is 1. The van der Waals surface area contributed by atoms with E-state index in [0.717, 1.165) is 18.5 Å². The first-order chi connectivity index (χ1) is 9.20. The Morgan fingerprint density at radius 1 is 1.37 bits per heavy atom. The molecule has 1 fully saturated rings. The second-order valence-corrected chi connectivity index (χ2v) is 6.69. The van der Waals surface area contributed by atoms with Crippen molar-refractivity contribution < 1.29 is 4.79 Å². The summed E-state index contributed by atoms with van der Waals surface area (Å²) in [6, 6.07) is 10.1. The van der Waals surface area contributed by atoms with Crippen LogP contribution in [0.15, 0.2) is 30.3 Å². The van der Waals surface area contributed by atoms with Crippen molar-refractivity contribution in [1.29, 1.82) is 0 Å². The molecule has 1 aliphatic rings. The number of hydrogen-bond donors (Lipinski definition) is 1. The minimum atomic E-state index is -0.0117. The van der Waals surface area contributed by atoms with Gasteiger partial charge in [0.05, 0.1) is 5.92 Å². The average Bonchev–Trinajstić information content (AvgIpc) is 2.84. The summed E-state index contributed by atoms with van der Waals surface area (Å²) in [6.45, 7) is 2.89. The molecule has 0 bridgehead atoms. The molecule has 2 rings (SSSR count). The third-order valence-electron chi connectivity index (χ3n) is 3.97. The lowest BCUT2D eigenvalue weighted by molar-refractivity contribution is -0.122. The van der Waals surface area contributed by atoms with Crippen molar-refractivity contribution in [1.82, 2.24) is 5.32 Å². The zero-order chi connectivity index (χ0) is 13.7. The summed E-state index contributed by atoms with van der Waals surface area (Å²) in [6.07, 6.45) is 4.48. The highest BCUT2D eigenvalue weighted by Gasteiger charge is 2.24. The second-order valence-electron chi connectivity index (χ2n) is 5.39. The average molecular weight is 324 g/mol. The maximum Gasteiger partial charge on any atom is 0.227 e. The van der Waals surface area contributed by atoms with Crippen LogP contribution in [0.1, 0.15) is 44.1 Å². The minimum Gasteiger partial charge on any atom is -0.355 e. The molecule has 1 aromatic rings. The number of rotatable bonds is 5. The molecule has 3 atom stereocenters. The molecule has 1 N–H and O–H groups in total. The quantitative estimate of drug-likeness (QED) is 0.819. The Hall–Kier alpha value is -0.830. The standard InChI is InChI=1S/C16H22BrNO/c1-2-15(13-6-4-3-5-7-13)16(19)18-11-12-8-9-14(17)10-12/h3-7,12,14-15H,2,8-11H2,1H3,(H,18,19). The molecule has 2 nitrogen and oxygen atoms in total. The van der Waals surface area contributed by atoms with Gasteiger partial charge in [0.1, 0.15) is 0 Å². The van der Waals surface area contributed by atoms with Crippen LogP contribution in [0.5, 0.6) is 0 Å². The summed E-state index contributed by atoms with van der Waals surface area (Å²) < 4.78 is 0. The van der Waals surface area contributed by atoms with E-state index in [9.17, 15) is 4.79 Å². The van der Waals surface area contributed by atoms with E-state index >= 15 is 0 Å². The molecule has 3 heteroatoms. The fourth-order valence-corrected chi connectivity index (χ4v) is 3.62. The van der Waals surface area contributed by atoms with Crippen LogP contribution in [0.3, 0.4) is 0 Å². The van der Waals surface area contributed by atoms with Crippen LogP contribution in [-0.2, 0) is 4.79 Å². The van der Waals surface area contributed by atoms with Crippen molar-refractivity contribution in [2.75, 3.05) is 6.54 Å². The zero-order valence-electron chi connectivity index (χ0n) is 11.4.